The van der Waals surface area contributed by atoms with E-state index in [2.05, 4.69) is 17.3 Å². The summed E-state index contributed by atoms with van der Waals surface area (Å²) in [5, 5.41) is 5.20. The quantitative estimate of drug-likeness (QED) is 0.763. The van der Waals surface area contributed by atoms with Crippen molar-refractivity contribution < 1.29 is 4.52 Å². The second kappa shape index (κ2) is 4.63. The maximum atomic E-state index is 5.55. The Kier molecular flexibility index (Phi) is 2.82. The van der Waals surface area contributed by atoms with Crippen molar-refractivity contribution in [3.63, 3.8) is 0 Å². The van der Waals surface area contributed by atoms with Crippen molar-refractivity contribution >= 4 is 11.0 Å². The molecular formula is C15H14N2O. The highest BCUT2D eigenvalue weighted by Gasteiger charge is 2.10. The minimum Gasteiger partial charge on any atom is -0.356 e. The summed E-state index contributed by atoms with van der Waals surface area (Å²) in [4.78, 5) is 0. The van der Waals surface area contributed by atoms with Gasteiger partial charge in [-0.25, -0.2) is 0 Å². The molecule has 2 N–H and O–H groups in total. The Balaban J connectivity index is 2.10. The number of hydrogen-bond acceptors (Lipinski definition) is 3. The number of benzene rings is 2. The van der Waals surface area contributed by atoms with Gasteiger partial charge >= 0.3 is 0 Å². The van der Waals surface area contributed by atoms with Gasteiger partial charge < -0.3 is 10.3 Å². The molecule has 3 aromatic rings. The van der Waals surface area contributed by atoms with Gasteiger partial charge in [0.05, 0.1) is 0 Å². The summed E-state index contributed by atoms with van der Waals surface area (Å²) in [7, 11) is 0. The fourth-order valence-corrected chi connectivity index (χ4v) is 2.11. The Morgan fingerprint density at radius 1 is 1.06 bits per heavy atom. The van der Waals surface area contributed by atoms with E-state index in [1.54, 1.807) is 0 Å². The van der Waals surface area contributed by atoms with Gasteiger partial charge in [0, 0.05) is 10.9 Å². The van der Waals surface area contributed by atoms with E-state index < -0.39 is 0 Å². The summed E-state index contributed by atoms with van der Waals surface area (Å²) in [5.41, 5.74) is 9.52. The summed E-state index contributed by atoms with van der Waals surface area (Å²) in [6.45, 7) is 0.644. The van der Waals surface area contributed by atoms with Crippen molar-refractivity contribution in [1.82, 2.24) is 5.16 Å². The number of nitrogens with zero attached hydrogens (tertiary/aromatic N) is 1. The van der Waals surface area contributed by atoms with Crippen LogP contribution in [0.1, 0.15) is 5.56 Å². The lowest BCUT2D eigenvalue weighted by molar-refractivity contribution is 0.459. The zero-order chi connectivity index (χ0) is 12.4. The number of hydrogen-bond donors (Lipinski definition) is 1. The second-order valence-corrected chi connectivity index (χ2v) is 4.27. The molecule has 3 rings (SSSR count). The average Bonchev–Trinajstić information content (AvgIpc) is 2.83. The fraction of sp³-hybridized carbons (Fsp3) is 0.133. The molecule has 0 aliphatic heterocycles. The molecule has 1 heterocycles. The highest BCUT2D eigenvalue weighted by molar-refractivity contribution is 5.91. The van der Waals surface area contributed by atoms with Crippen LogP contribution in [0.3, 0.4) is 0 Å². The third-order valence-corrected chi connectivity index (χ3v) is 3.02. The number of rotatable bonds is 3. The van der Waals surface area contributed by atoms with Crippen LogP contribution in [0.15, 0.2) is 53.1 Å². The van der Waals surface area contributed by atoms with Crippen LogP contribution in [0, 0.1) is 0 Å². The maximum Gasteiger partial charge on any atom is 0.167 e. The van der Waals surface area contributed by atoms with Crippen LogP contribution in [0.5, 0.6) is 0 Å². The normalized spacial score (nSPS) is 10.9. The van der Waals surface area contributed by atoms with E-state index in [9.17, 15) is 0 Å². The molecule has 0 amide bonds. The SMILES string of the molecule is NCCc1ccc2c(-c3ccccc3)noc2c1. The van der Waals surface area contributed by atoms with Crippen LogP contribution in [0.4, 0.5) is 0 Å². The molecule has 90 valence electrons. The lowest BCUT2D eigenvalue weighted by Crippen LogP contribution is -2.02. The molecule has 3 nitrogen and oxygen atoms in total. The first-order valence-corrected chi connectivity index (χ1v) is 6.02. The van der Waals surface area contributed by atoms with E-state index in [1.807, 2.05) is 36.4 Å². The molecule has 1 aromatic heterocycles. The molecule has 3 heteroatoms. The van der Waals surface area contributed by atoms with Gasteiger partial charge in [-0.05, 0) is 30.7 Å². The maximum absolute atomic E-state index is 5.55. The van der Waals surface area contributed by atoms with Gasteiger partial charge in [0.15, 0.2) is 5.58 Å². The van der Waals surface area contributed by atoms with Crippen LogP contribution in [-0.2, 0) is 6.42 Å². The fourth-order valence-electron chi connectivity index (χ4n) is 2.11. The van der Waals surface area contributed by atoms with Gasteiger partial charge in [-0.1, -0.05) is 41.6 Å². The van der Waals surface area contributed by atoms with Crippen molar-refractivity contribution in [2.24, 2.45) is 5.73 Å². The summed E-state index contributed by atoms with van der Waals surface area (Å²) in [6.07, 6.45) is 0.858. The van der Waals surface area contributed by atoms with Crippen LogP contribution in [-0.4, -0.2) is 11.7 Å². The molecule has 2 aromatic carbocycles. The predicted molar refractivity (Wildman–Crippen MR) is 72.2 cm³/mol. The summed E-state index contributed by atoms with van der Waals surface area (Å²) >= 11 is 0. The smallest absolute Gasteiger partial charge is 0.167 e. The highest BCUT2D eigenvalue weighted by Crippen LogP contribution is 2.28. The lowest BCUT2D eigenvalue weighted by atomic mass is 10.1. The van der Waals surface area contributed by atoms with Crippen LogP contribution >= 0.6 is 0 Å². The molecule has 0 saturated carbocycles. The molecule has 0 aliphatic carbocycles. The molecular weight excluding hydrogens is 224 g/mol. The zero-order valence-electron chi connectivity index (χ0n) is 9.97. The first-order chi connectivity index (χ1) is 8.88. The standard InChI is InChI=1S/C15H14N2O/c16-9-8-11-6-7-13-14(10-11)18-17-15(13)12-4-2-1-3-5-12/h1-7,10H,8-9,16H2. The summed E-state index contributed by atoms with van der Waals surface area (Å²) < 4.78 is 5.40. The van der Waals surface area contributed by atoms with Crippen molar-refractivity contribution in [2.75, 3.05) is 6.54 Å². The van der Waals surface area contributed by atoms with E-state index in [0.717, 1.165) is 28.6 Å². The van der Waals surface area contributed by atoms with E-state index in [0.29, 0.717) is 6.54 Å². The van der Waals surface area contributed by atoms with Gasteiger partial charge in [0.1, 0.15) is 5.69 Å². The Labute approximate surface area is 105 Å². The molecule has 0 unspecified atom stereocenters. The van der Waals surface area contributed by atoms with E-state index in [1.165, 1.54) is 5.56 Å². The van der Waals surface area contributed by atoms with Crippen LogP contribution in [0.2, 0.25) is 0 Å². The topological polar surface area (TPSA) is 52.0 Å². The molecule has 0 aliphatic rings. The Morgan fingerprint density at radius 2 is 1.89 bits per heavy atom. The van der Waals surface area contributed by atoms with Crippen molar-refractivity contribution in [3.05, 3.63) is 54.1 Å². The van der Waals surface area contributed by atoms with Crippen molar-refractivity contribution in [3.8, 4) is 11.3 Å². The average molecular weight is 238 g/mol. The Morgan fingerprint density at radius 3 is 2.67 bits per heavy atom. The van der Waals surface area contributed by atoms with Gasteiger partial charge in [0.25, 0.3) is 0 Å². The highest BCUT2D eigenvalue weighted by atomic mass is 16.5. The summed E-state index contributed by atoms with van der Waals surface area (Å²) in [6, 6.07) is 16.2. The second-order valence-electron chi connectivity index (χ2n) is 4.27. The van der Waals surface area contributed by atoms with Gasteiger partial charge in [-0.2, -0.15) is 0 Å². The molecule has 18 heavy (non-hydrogen) atoms. The zero-order valence-corrected chi connectivity index (χ0v) is 9.97. The van der Waals surface area contributed by atoms with E-state index in [-0.39, 0.29) is 0 Å². The minimum absolute atomic E-state index is 0.644. The Hall–Kier alpha value is -2.13. The summed E-state index contributed by atoms with van der Waals surface area (Å²) in [5.74, 6) is 0. The molecule has 0 saturated heterocycles. The first-order valence-electron chi connectivity index (χ1n) is 6.02. The van der Waals surface area contributed by atoms with E-state index >= 15 is 0 Å². The van der Waals surface area contributed by atoms with Crippen molar-refractivity contribution in [2.45, 2.75) is 6.42 Å². The van der Waals surface area contributed by atoms with Crippen LogP contribution in [0.25, 0.3) is 22.2 Å². The molecule has 0 spiro atoms. The number of nitrogens with two attached hydrogens (primary N) is 1. The number of aromatic nitrogens is 1. The van der Waals surface area contributed by atoms with Crippen molar-refractivity contribution in [1.29, 1.82) is 0 Å². The lowest BCUT2D eigenvalue weighted by Gasteiger charge is -1.98. The van der Waals surface area contributed by atoms with Gasteiger partial charge in [-0.3, -0.25) is 0 Å². The molecule has 0 bridgehead atoms. The van der Waals surface area contributed by atoms with Crippen LogP contribution < -0.4 is 5.73 Å². The Bertz CT molecular complexity index is 659. The minimum atomic E-state index is 0.644. The third kappa shape index (κ3) is 1.89. The molecule has 0 radical (unpaired) electrons. The van der Waals surface area contributed by atoms with Gasteiger partial charge in [0.2, 0.25) is 0 Å². The van der Waals surface area contributed by atoms with Gasteiger partial charge in [-0.15, -0.1) is 0 Å². The monoisotopic (exact) mass is 238 g/mol. The largest absolute Gasteiger partial charge is 0.356 e. The first kappa shape index (κ1) is 11.0. The molecule has 0 fully saturated rings. The molecule has 0 atom stereocenters. The van der Waals surface area contributed by atoms with E-state index in [4.69, 9.17) is 10.3 Å². The number of fused-ring (bicyclic) bond motifs is 1. The predicted octanol–water partition coefficient (Wildman–Crippen LogP) is 3.00. The third-order valence-electron chi connectivity index (χ3n) is 3.02.